The van der Waals surface area contributed by atoms with Crippen molar-refractivity contribution in [3.8, 4) is 0 Å². The Balaban J connectivity index is 1.44. The SMILES string of the molecule is Cc1ccccc1C(=O)N[C@H](C(=O)N1CCCC1)C1CCN(C(=O)c2ccc(C(F)(F)F)cc2)CC1. The van der Waals surface area contributed by atoms with Gasteiger partial charge in [-0.3, -0.25) is 14.4 Å². The number of rotatable bonds is 5. The average Bonchev–Trinajstić information content (AvgIpc) is 3.41. The molecule has 0 bridgehead atoms. The van der Waals surface area contributed by atoms with E-state index in [0.717, 1.165) is 30.5 Å². The molecule has 2 saturated heterocycles. The van der Waals surface area contributed by atoms with Crippen molar-refractivity contribution < 1.29 is 27.6 Å². The summed E-state index contributed by atoms with van der Waals surface area (Å²) in [6, 6.07) is 10.7. The Labute approximate surface area is 208 Å². The first-order valence-electron chi connectivity index (χ1n) is 12.3. The third-order valence-electron chi connectivity index (χ3n) is 7.12. The molecule has 2 heterocycles. The van der Waals surface area contributed by atoms with E-state index in [0.29, 0.717) is 44.6 Å². The number of benzene rings is 2. The minimum atomic E-state index is -4.46. The van der Waals surface area contributed by atoms with Gasteiger partial charge in [0, 0.05) is 37.3 Å². The van der Waals surface area contributed by atoms with Crippen LogP contribution in [0.4, 0.5) is 13.2 Å². The van der Waals surface area contributed by atoms with Crippen LogP contribution in [0.3, 0.4) is 0 Å². The van der Waals surface area contributed by atoms with E-state index in [2.05, 4.69) is 5.32 Å². The molecule has 0 unspecified atom stereocenters. The number of nitrogens with one attached hydrogen (secondary N) is 1. The van der Waals surface area contributed by atoms with Gasteiger partial charge in [-0.15, -0.1) is 0 Å². The summed E-state index contributed by atoms with van der Waals surface area (Å²) in [7, 11) is 0. The molecule has 6 nitrogen and oxygen atoms in total. The van der Waals surface area contributed by atoms with E-state index in [1.165, 1.54) is 12.1 Å². The summed E-state index contributed by atoms with van der Waals surface area (Å²) in [4.78, 5) is 42.7. The highest BCUT2D eigenvalue weighted by Crippen LogP contribution is 2.30. The Morgan fingerprint density at radius 1 is 0.889 bits per heavy atom. The number of nitrogens with zero attached hydrogens (tertiary/aromatic N) is 2. The summed E-state index contributed by atoms with van der Waals surface area (Å²) < 4.78 is 38.5. The molecule has 0 radical (unpaired) electrons. The van der Waals surface area contributed by atoms with E-state index in [9.17, 15) is 27.6 Å². The topological polar surface area (TPSA) is 69.7 Å². The predicted molar refractivity (Wildman–Crippen MR) is 128 cm³/mol. The van der Waals surface area contributed by atoms with Gasteiger partial charge in [0.1, 0.15) is 6.04 Å². The zero-order valence-electron chi connectivity index (χ0n) is 20.2. The molecule has 2 aliphatic heterocycles. The molecule has 2 fully saturated rings. The molecule has 9 heteroatoms. The van der Waals surface area contributed by atoms with Crippen molar-refractivity contribution in [1.82, 2.24) is 15.1 Å². The number of halogens is 3. The number of hydrogen-bond acceptors (Lipinski definition) is 3. The lowest BCUT2D eigenvalue weighted by molar-refractivity contribution is -0.137. The second-order valence-corrected chi connectivity index (χ2v) is 9.50. The number of aryl methyl sites for hydroxylation is 1. The van der Waals surface area contributed by atoms with Crippen molar-refractivity contribution in [2.45, 2.75) is 44.8 Å². The molecule has 192 valence electrons. The molecule has 4 rings (SSSR count). The fraction of sp³-hybridized carbons (Fsp3) is 0.444. The summed E-state index contributed by atoms with van der Waals surface area (Å²) in [5, 5.41) is 2.98. The Bertz CT molecular complexity index is 1100. The highest BCUT2D eigenvalue weighted by molar-refractivity contribution is 5.99. The molecule has 3 amide bonds. The average molecular weight is 502 g/mol. The lowest BCUT2D eigenvalue weighted by Gasteiger charge is -2.37. The number of alkyl halides is 3. The van der Waals surface area contributed by atoms with Gasteiger partial charge in [0.25, 0.3) is 11.8 Å². The number of carbonyl (C=O) groups is 3. The number of piperidine rings is 1. The molecule has 0 spiro atoms. The molecular weight excluding hydrogens is 471 g/mol. The predicted octanol–water partition coefficient (Wildman–Crippen LogP) is 4.29. The molecule has 0 aliphatic carbocycles. The third-order valence-corrected chi connectivity index (χ3v) is 7.12. The van der Waals surface area contributed by atoms with Crippen LogP contribution in [-0.2, 0) is 11.0 Å². The smallest absolute Gasteiger partial charge is 0.341 e. The van der Waals surface area contributed by atoms with Crippen molar-refractivity contribution in [2.75, 3.05) is 26.2 Å². The second kappa shape index (κ2) is 10.7. The van der Waals surface area contributed by atoms with Gasteiger partial charge < -0.3 is 15.1 Å². The van der Waals surface area contributed by atoms with Gasteiger partial charge in [-0.25, -0.2) is 0 Å². The van der Waals surface area contributed by atoms with Crippen molar-refractivity contribution in [2.24, 2.45) is 5.92 Å². The number of likely N-dealkylation sites (tertiary alicyclic amines) is 2. The van der Waals surface area contributed by atoms with Crippen LogP contribution in [-0.4, -0.2) is 59.7 Å². The first-order chi connectivity index (χ1) is 17.1. The highest BCUT2D eigenvalue weighted by atomic mass is 19.4. The van der Waals surface area contributed by atoms with Crippen LogP contribution >= 0.6 is 0 Å². The van der Waals surface area contributed by atoms with Gasteiger partial charge >= 0.3 is 6.18 Å². The van der Waals surface area contributed by atoms with Crippen LogP contribution in [0, 0.1) is 12.8 Å². The van der Waals surface area contributed by atoms with Crippen molar-refractivity contribution >= 4 is 17.7 Å². The summed E-state index contributed by atoms with van der Waals surface area (Å²) in [5.41, 5.74) is 0.732. The zero-order valence-corrected chi connectivity index (χ0v) is 20.2. The van der Waals surface area contributed by atoms with Crippen molar-refractivity contribution in [3.05, 3.63) is 70.8 Å². The first kappa shape index (κ1) is 25.7. The first-order valence-corrected chi connectivity index (χ1v) is 12.3. The number of hydrogen-bond donors (Lipinski definition) is 1. The van der Waals surface area contributed by atoms with Crippen molar-refractivity contribution in [1.29, 1.82) is 0 Å². The maximum Gasteiger partial charge on any atom is 0.416 e. The standard InChI is InChI=1S/C27H30F3N3O3/c1-18-6-2-3-7-22(18)24(34)31-23(26(36)32-14-4-5-15-32)19-12-16-33(17-13-19)25(35)20-8-10-21(11-9-20)27(28,29)30/h2-3,6-11,19,23H,4-5,12-17H2,1H3,(H,31,34)/t23-/m0/s1. The normalized spacial score (nSPS) is 17.7. The monoisotopic (exact) mass is 501 g/mol. The molecule has 2 aromatic carbocycles. The third kappa shape index (κ3) is 5.71. The fourth-order valence-corrected chi connectivity index (χ4v) is 4.98. The van der Waals surface area contributed by atoms with E-state index in [1.54, 1.807) is 21.9 Å². The van der Waals surface area contributed by atoms with Crippen LogP contribution < -0.4 is 5.32 Å². The second-order valence-electron chi connectivity index (χ2n) is 9.50. The molecule has 0 aromatic heterocycles. The maximum absolute atomic E-state index is 13.4. The number of carbonyl (C=O) groups excluding carboxylic acids is 3. The lowest BCUT2D eigenvalue weighted by Crippen LogP contribution is -2.54. The van der Waals surface area contributed by atoms with E-state index < -0.39 is 17.8 Å². The van der Waals surface area contributed by atoms with Crippen molar-refractivity contribution in [3.63, 3.8) is 0 Å². The van der Waals surface area contributed by atoms with E-state index in [4.69, 9.17) is 0 Å². The molecule has 2 aromatic rings. The summed E-state index contributed by atoms with van der Waals surface area (Å²) in [6.07, 6.45) is -1.58. The minimum Gasteiger partial charge on any atom is -0.341 e. The highest BCUT2D eigenvalue weighted by Gasteiger charge is 2.37. The van der Waals surface area contributed by atoms with Crippen LogP contribution in [0.5, 0.6) is 0 Å². The van der Waals surface area contributed by atoms with Gasteiger partial charge in [-0.2, -0.15) is 13.2 Å². The fourth-order valence-electron chi connectivity index (χ4n) is 4.98. The van der Waals surface area contributed by atoms with Gasteiger partial charge in [0.15, 0.2) is 0 Å². The maximum atomic E-state index is 13.4. The van der Waals surface area contributed by atoms with Gasteiger partial charge in [-0.1, -0.05) is 18.2 Å². The Morgan fingerprint density at radius 3 is 2.08 bits per heavy atom. The van der Waals surface area contributed by atoms with Crippen LogP contribution in [0.15, 0.2) is 48.5 Å². The van der Waals surface area contributed by atoms with Gasteiger partial charge in [-0.05, 0) is 74.4 Å². The van der Waals surface area contributed by atoms with Crippen LogP contribution in [0.25, 0.3) is 0 Å². The van der Waals surface area contributed by atoms with E-state index in [1.807, 2.05) is 19.1 Å². The summed E-state index contributed by atoms with van der Waals surface area (Å²) in [6.45, 7) is 3.89. The molecule has 0 saturated carbocycles. The minimum absolute atomic E-state index is 0.0954. The lowest BCUT2D eigenvalue weighted by atomic mass is 9.87. The molecular formula is C27H30F3N3O3. The number of amides is 3. The van der Waals surface area contributed by atoms with Crippen LogP contribution in [0.2, 0.25) is 0 Å². The van der Waals surface area contributed by atoms with Gasteiger partial charge in [0.05, 0.1) is 5.56 Å². The van der Waals surface area contributed by atoms with Crippen LogP contribution in [0.1, 0.15) is 57.5 Å². The van der Waals surface area contributed by atoms with E-state index in [-0.39, 0.29) is 29.2 Å². The Morgan fingerprint density at radius 2 is 1.50 bits per heavy atom. The Kier molecular flexibility index (Phi) is 7.66. The summed E-state index contributed by atoms with van der Waals surface area (Å²) >= 11 is 0. The van der Waals surface area contributed by atoms with E-state index >= 15 is 0 Å². The quantitative estimate of drug-likeness (QED) is 0.665. The zero-order chi connectivity index (χ0) is 25.9. The Hall–Kier alpha value is -3.36. The van der Waals surface area contributed by atoms with Gasteiger partial charge in [0.2, 0.25) is 5.91 Å². The molecule has 1 N–H and O–H groups in total. The largest absolute Gasteiger partial charge is 0.416 e. The molecule has 2 aliphatic rings. The molecule has 1 atom stereocenters. The summed E-state index contributed by atoms with van der Waals surface area (Å²) in [5.74, 6) is -0.882. The molecule has 36 heavy (non-hydrogen) atoms.